The number of amides is 2. The predicted molar refractivity (Wildman–Crippen MR) is 124 cm³/mol. The van der Waals surface area contributed by atoms with Gasteiger partial charge in [-0.3, -0.25) is 19.7 Å². The molecule has 11 nitrogen and oxygen atoms in total. The maximum atomic E-state index is 13.3. The molecule has 12 heteroatoms. The van der Waals surface area contributed by atoms with Crippen molar-refractivity contribution in [2.75, 3.05) is 20.3 Å². The summed E-state index contributed by atoms with van der Waals surface area (Å²) in [7, 11) is 1.37. The van der Waals surface area contributed by atoms with Crippen LogP contribution in [0.4, 0.5) is 4.39 Å². The van der Waals surface area contributed by atoms with Crippen molar-refractivity contribution in [1.82, 2.24) is 21.1 Å². The smallest absolute Gasteiger partial charge is 0.274 e. The van der Waals surface area contributed by atoms with E-state index < -0.39 is 47.6 Å². The average molecular weight is 507 g/mol. The molecule has 1 aliphatic rings. The molecule has 1 saturated heterocycles. The number of aliphatic hydroxyl groups excluding tert-OH is 1. The first-order valence-corrected chi connectivity index (χ1v) is 11.4. The van der Waals surface area contributed by atoms with E-state index in [1.165, 1.54) is 32.2 Å². The van der Waals surface area contributed by atoms with Gasteiger partial charge in [0.05, 0.1) is 25.3 Å². The lowest BCUT2D eigenvalue weighted by atomic mass is 9.94. The summed E-state index contributed by atoms with van der Waals surface area (Å²) in [6.07, 6.45) is -1.15. The molecule has 1 fully saturated rings. The normalized spacial score (nSPS) is 20.2. The van der Waals surface area contributed by atoms with E-state index in [0.29, 0.717) is 11.3 Å². The summed E-state index contributed by atoms with van der Waals surface area (Å²) in [5.74, 6) is -1.47. The molecule has 1 aliphatic heterocycles. The van der Waals surface area contributed by atoms with Crippen LogP contribution in [0.5, 0.6) is 0 Å². The number of methoxy groups -OCH3 is 1. The first-order chi connectivity index (χ1) is 17.0. The van der Waals surface area contributed by atoms with Crippen LogP contribution in [-0.2, 0) is 25.5 Å². The van der Waals surface area contributed by atoms with E-state index in [0.717, 1.165) is 0 Å². The predicted octanol–water partition coefficient (Wildman–Crippen LogP) is 0.249. The second-order valence-corrected chi connectivity index (χ2v) is 8.98. The molecule has 3 unspecified atom stereocenters. The van der Waals surface area contributed by atoms with Crippen LogP contribution in [0.1, 0.15) is 35.7 Å². The minimum Gasteiger partial charge on any atom is -0.382 e. The zero-order valence-corrected chi connectivity index (χ0v) is 20.5. The van der Waals surface area contributed by atoms with Gasteiger partial charge in [0, 0.05) is 13.2 Å². The highest BCUT2D eigenvalue weighted by Crippen LogP contribution is 2.29. The molecule has 3 rings (SSSR count). The third-order valence-corrected chi connectivity index (χ3v) is 5.80. The highest BCUT2D eigenvalue weighted by molar-refractivity contribution is 5.96. The number of aromatic nitrogens is 1. The molecule has 196 valence electrons. The number of hydrogen-bond acceptors (Lipinski definition) is 9. The van der Waals surface area contributed by atoms with Crippen molar-refractivity contribution in [1.29, 1.82) is 0 Å². The third-order valence-electron chi connectivity index (χ3n) is 5.80. The second-order valence-electron chi connectivity index (χ2n) is 8.98. The first-order valence-electron chi connectivity index (χ1n) is 11.4. The molecule has 2 amide bonds. The maximum Gasteiger partial charge on any atom is 0.274 e. The van der Waals surface area contributed by atoms with Crippen LogP contribution in [0.2, 0.25) is 0 Å². The highest BCUT2D eigenvalue weighted by Gasteiger charge is 2.50. The standard InChI is InChI=1S/C24H31FN4O7/c1-13-9-18(29-36-13)22(32)28-19(11-34-4)23(33)26-14(2)21(31)27-17(20(30)24(3)12-35-24)10-15-5-7-16(25)8-6-15/h5-9,14,17,19,21,27,31H,10-12H2,1-4H3,(H,26,33)(H,28,32)/t14-,17?,19?,21?,24+/m0/s1. The lowest BCUT2D eigenvalue weighted by molar-refractivity contribution is -0.127. The highest BCUT2D eigenvalue weighted by atomic mass is 19.1. The van der Waals surface area contributed by atoms with Crippen LogP contribution in [0.25, 0.3) is 0 Å². The van der Waals surface area contributed by atoms with Gasteiger partial charge in [0.15, 0.2) is 11.5 Å². The summed E-state index contributed by atoms with van der Waals surface area (Å²) in [6.45, 7) is 4.95. The third kappa shape index (κ3) is 7.17. The Hall–Kier alpha value is -3.19. The molecule has 1 aromatic carbocycles. The number of rotatable bonds is 13. The minimum atomic E-state index is -1.33. The van der Waals surface area contributed by atoms with Crippen molar-refractivity contribution in [3.8, 4) is 0 Å². The van der Waals surface area contributed by atoms with Crippen LogP contribution < -0.4 is 16.0 Å². The van der Waals surface area contributed by atoms with Gasteiger partial charge in [0.25, 0.3) is 5.91 Å². The van der Waals surface area contributed by atoms with E-state index in [4.69, 9.17) is 14.0 Å². The maximum absolute atomic E-state index is 13.3. The number of aliphatic hydroxyl groups is 1. The van der Waals surface area contributed by atoms with E-state index in [2.05, 4.69) is 21.1 Å². The summed E-state index contributed by atoms with van der Waals surface area (Å²) < 4.78 is 28.5. The number of ether oxygens (including phenoxy) is 2. The summed E-state index contributed by atoms with van der Waals surface area (Å²) in [4.78, 5) is 38.2. The number of hydrogen-bond donors (Lipinski definition) is 4. The monoisotopic (exact) mass is 506 g/mol. The van der Waals surface area contributed by atoms with Gasteiger partial charge in [-0.2, -0.15) is 0 Å². The van der Waals surface area contributed by atoms with Gasteiger partial charge in [-0.05, 0) is 44.9 Å². The van der Waals surface area contributed by atoms with Crippen molar-refractivity contribution >= 4 is 17.6 Å². The molecule has 4 N–H and O–H groups in total. The number of nitrogens with one attached hydrogen (secondary N) is 3. The van der Waals surface area contributed by atoms with Crippen molar-refractivity contribution in [3.63, 3.8) is 0 Å². The Balaban J connectivity index is 1.63. The van der Waals surface area contributed by atoms with Crippen LogP contribution in [0, 0.1) is 12.7 Å². The summed E-state index contributed by atoms with van der Waals surface area (Å²) in [6, 6.07) is 4.31. The Bertz CT molecular complexity index is 1070. The van der Waals surface area contributed by atoms with E-state index in [1.807, 2.05) is 0 Å². The fourth-order valence-electron chi connectivity index (χ4n) is 3.51. The number of ketones is 1. The van der Waals surface area contributed by atoms with Crippen molar-refractivity contribution in [2.24, 2.45) is 0 Å². The summed E-state index contributed by atoms with van der Waals surface area (Å²) >= 11 is 0. The molecular formula is C24H31FN4O7. The van der Waals surface area contributed by atoms with Gasteiger partial charge in [0.1, 0.15) is 29.4 Å². The lowest BCUT2D eigenvalue weighted by Gasteiger charge is -2.28. The van der Waals surface area contributed by atoms with Crippen molar-refractivity contribution in [3.05, 3.63) is 53.2 Å². The largest absolute Gasteiger partial charge is 0.382 e. The molecule has 2 aromatic rings. The Morgan fingerprint density at radius 1 is 1.22 bits per heavy atom. The number of epoxide rings is 1. The van der Waals surface area contributed by atoms with E-state index >= 15 is 0 Å². The van der Waals surface area contributed by atoms with Gasteiger partial charge >= 0.3 is 0 Å². The van der Waals surface area contributed by atoms with Gasteiger partial charge in [0.2, 0.25) is 5.91 Å². The summed E-state index contributed by atoms with van der Waals surface area (Å²) in [5, 5.41) is 22.3. The molecule has 0 aliphatic carbocycles. The van der Waals surface area contributed by atoms with Gasteiger partial charge in [-0.25, -0.2) is 4.39 Å². The number of benzene rings is 1. The zero-order valence-electron chi connectivity index (χ0n) is 20.5. The minimum absolute atomic E-state index is 0.00842. The van der Waals surface area contributed by atoms with E-state index in [1.54, 1.807) is 26.0 Å². The first kappa shape index (κ1) is 27.4. The molecule has 2 heterocycles. The molecule has 0 bridgehead atoms. The number of aryl methyl sites for hydroxylation is 1. The van der Waals surface area contributed by atoms with Gasteiger partial charge in [-0.15, -0.1) is 0 Å². The van der Waals surface area contributed by atoms with Gasteiger partial charge in [-0.1, -0.05) is 17.3 Å². The quantitative estimate of drug-likeness (QED) is 0.221. The second kappa shape index (κ2) is 11.7. The fourth-order valence-corrected chi connectivity index (χ4v) is 3.51. The van der Waals surface area contributed by atoms with Crippen molar-refractivity contribution in [2.45, 2.75) is 57.1 Å². The Labute approximate surface area is 207 Å². The van der Waals surface area contributed by atoms with Crippen LogP contribution in [-0.4, -0.2) is 78.1 Å². The van der Waals surface area contributed by atoms with Crippen LogP contribution >= 0.6 is 0 Å². The molecule has 0 radical (unpaired) electrons. The number of carbonyl (C=O) groups is 3. The zero-order chi connectivity index (χ0) is 26.5. The average Bonchev–Trinajstić information content (AvgIpc) is 3.44. The Kier molecular flexibility index (Phi) is 8.90. The van der Waals surface area contributed by atoms with Crippen molar-refractivity contribution < 1.29 is 37.9 Å². The number of nitrogens with zero attached hydrogens (tertiary/aromatic N) is 1. The molecule has 36 heavy (non-hydrogen) atoms. The fraction of sp³-hybridized carbons (Fsp3) is 0.500. The Morgan fingerprint density at radius 2 is 1.89 bits per heavy atom. The number of carbonyl (C=O) groups excluding carboxylic acids is 3. The van der Waals surface area contributed by atoms with Crippen LogP contribution in [0.15, 0.2) is 34.9 Å². The van der Waals surface area contributed by atoms with E-state index in [9.17, 15) is 23.9 Å². The lowest BCUT2D eigenvalue weighted by Crippen LogP contribution is -2.58. The van der Waals surface area contributed by atoms with Gasteiger partial charge < -0.3 is 29.7 Å². The molecule has 1 aromatic heterocycles. The van der Waals surface area contributed by atoms with E-state index in [-0.39, 0.29) is 31.1 Å². The number of halogens is 1. The molecule has 0 spiro atoms. The van der Waals surface area contributed by atoms with Crippen LogP contribution in [0.3, 0.4) is 0 Å². The molecular weight excluding hydrogens is 475 g/mol. The number of Topliss-reactive ketones (excluding diaryl/α,β-unsaturated/α-hetero) is 1. The SMILES string of the molecule is COCC(NC(=O)c1cc(C)on1)C(=O)N[C@@H](C)C(O)NC(Cc1ccc(F)cc1)C(=O)[C@@]1(C)CO1. The topological polar surface area (TPSA) is 155 Å². The summed E-state index contributed by atoms with van der Waals surface area (Å²) in [5.41, 5.74) is -0.271. The molecule has 0 saturated carbocycles. The molecule has 5 atom stereocenters. The Morgan fingerprint density at radius 3 is 2.44 bits per heavy atom.